The van der Waals surface area contributed by atoms with Gasteiger partial charge >= 0.3 is 0 Å². The van der Waals surface area contributed by atoms with Gasteiger partial charge in [-0.2, -0.15) is 0 Å². The second-order valence-corrected chi connectivity index (χ2v) is 8.93. The van der Waals surface area contributed by atoms with Crippen LogP contribution in [0.5, 0.6) is 0 Å². The van der Waals surface area contributed by atoms with Crippen molar-refractivity contribution in [2.45, 2.75) is 29.6 Å². The van der Waals surface area contributed by atoms with Crippen LogP contribution < -0.4 is 10.5 Å². The summed E-state index contributed by atoms with van der Waals surface area (Å²) < 4.78 is 24.7. The van der Waals surface area contributed by atoms with E-state index in [9.17, 15) is 18.5 Å². The fraction of sp³-hybridized carbons (Fsp3) is 0.294. The van der Waals surface area contributed by atoms with Crippen LogP contribution in [0, 0.1) is 10.1 Å². The molecule has 0 heterocycles. The van der Waals surface area contributed by atoms with E-state index >= 15 is 0 Å². The molecule has 2 aromatic rings. The third kappa shape index (κ3) is 3.74. The summed E-state index contributed by atoms with van der Waals surface area (Å²) in [5, 5.41) is 19.3. The number of nitrogens with one attached hydrogen (secondary N) is 1. The van der Waals surface area contributed by atoms with Gasteiger partial charge in [-0.25, -0.2) is 13.6 Å². The summed E-state index contributed by atoms with van der Waals surface area (Å²) in [6.45, 7) is 0.518. The molecule has 1 aliphatic carbocycles. The van der Waals surface area contributed by atoms with E-state index in [0.717, 1.165) is 29.8 Å². The highest BCUT2D eigenvalue weighted by molar-refractivity contribution is 9.10. The van der Waals surface area contributed by atoms with Gasteiger partial charge in [0.1, 0.15) is 4.90 Å². The lowest BCUT2D eigenvalue weighted by atomic mass is 9.64. The molecular weight excluding hydrogens is 422 g/mol. The lowest BCUT2D eigenvalue weighted by Crippen LogP contribution is -2.41. The van der Waals surface area contributed by atoms with Crippen molar-refractivity contribution in [3.8, 4) is 0 Å². The van der Waals surface area contributed by atoms with Crippen LogP contribution in [0.15, 0.2) is 51.8 Å². The Balaban J connectivity index is 1.90. The van der Waals surface area contributed by atoms with Crippen molar-refractivity contribution in [1.82, 2.24) is 0 Å². The third-order valence-corrected chi connectivity index (χ3v) is 6.29. The number of primary sulfonamides is 1. The molecule has 26 heavy (non-hydrogen) atoms. The standard InChI is InChI=1S/C17H18BrN3O4S/c18-13-4-1-3-12(9-13)17(7-2-8-17)11-20-15-6-5-14(21(22)23)10-16(15)26(19,24)25/h1,3-6,9-10,20H,2,7-8,11H2,(H2,19,24,25). The number of non-ortho nitro benzene ring substituents is 1. The van der Waals surface area contributed by atoms with E-state index in [1.54, 1.807) is 0 Å². The van der Waals surface area contributed by atoms with Crippen molar-refractivity contribution in [3.05, 3.63) is 62.6 Å². The summed E-state index contributed by atoms with van der Waals surface area (Å²) in [5.74, 6) is 0. The van der Waals surface area contributed by atoms with Gasteiger partial charge in [0.15, 0.2) is 0 Å². The molecule has 3 N–H and O–H groups in total. The van der Waals surface area contributed by atoms with Crippen molar-refractivity contribution >= 4 is 37.3 Å². The molecule has 0 bridgehead atoms. The molecule has 0 unspecified atom stereocenters. The van der Waals surface area contributed by atoms with Crippen LogP contribution in [0.25, 0.3) is 0 Å². The molecule has 1 fully saturated rings. The van der Waals surface area contributed by atoms with Gasteiger partial charge in [0.2, 0.25) is 10.0 Å². The van der Waals surface area contributed by atoms with Gasteiger partial charge in [-0.15, -0.1) is 0 Å². The smallest absolute Gasteiger partial charge is 0.270 e. The number of nitrogens with zero attached hydrogens (tertiary/aromatic N) is 1. The molecule has 0 amide bonds. The first-order valence-electron chi connectivity index (χ1n) is 8.02. The van der Waals surface area contributed by atoms with Crippen molar-refractivity contribution in [2.75, 3.05) is 11.9 Å². The average Bonchev–Trinajstić information content (AvgIpc) is 2.53. The van der Waals surface area contributed by atoms with Gasteiger partial charge in [-0.3, -0.25) is 10.1 Å². The second kappa shape index (κ2) is 6.98. The summed E-state index contributed by atoms with van der Waals surface area (Å²) in [6, 6.07) is 11.7. The fourth-order valence-electron chi connectivity index (χ4n) is 3.26. The molecule has 9 heteroatoms. The minimum atomic E-state index is -4.09. The van der Waals surface area contributed by atoms with Crippen LogP contribution >= 0.6 is 15.9 Å². The maximum absolute atomic E-state index is 11.9. The molecule has 0 atom stereocenters. The number of hydrogen-bond acceptors (Lipinski definition) is 5. The van der Waals surface area contributed by atoms with E-state index in [2.05, 4.69) is 33.4 Å². The Bertz CT molecular complexity index is 958. The molecule has 0 spiro atoms. The Morgan fingerprint density at radius 1 is 1.23 bits per heavy atom. The Kier molecular flexibility index (Phi) is 5.05. The SMILES string of the molecule is NS(=O)(=O)c1cc([N+](=O)[O-])ccc1NCC1(c2cccc(Br)c2)CCC1. The number of halogens is 1. The fourth-order valence-corrected chi connectivity index (χ4v) is 4.39. The summed E-state index contributed by atoms with van der Waals surface area (Å²) in [7, 11) is -4.09. The van der Waals surface area contributed by atoms with E-state index in [-0.39, 0.29) is 21.7 Å². The predicted octanol–water partition coefficient (Wildman–Crippen LogP) is 3.54. The van der Waals surface area contributed by atoms with Gasteiger partial charge in [-0.1, -0.05) is 34.5 Å². The number of hydrogen-bond donors (Lipinski definition) is 2. The number of nitrogens with two attached hydrogens (primary N) is 1. The lowest BCUT2D eigenvalue weighted by molar-refractivity contribution is -0.385. The minimum absolute atomic E-state index is 0.0960. The van der Waals surface area contributed by atoms with E-state index in [1.165, 1.54) is 17.7 Å². The first-order chi connectivity index (χ1) is 12.2. The summed E-state index contributed by atoms with van der Waals surface area (Å²) in [5.41, 5.74) is 1.04. The topological polar surface area (TPSA) is 115 Å². The highest BCUT2D eigenvalue weighted by Gasteiger charge is 2.38. The van der Waals surface area contributed by atoms with Crippen molar-refractivity contribution < 1.29 is 13.3 Å². The highest BCUT2D eigenvalue weighted by atomic mass is 79.9. The third-order valence-electron chi connectivity index (χ3n) is 4.85. The molecule has 0 radical (unpaired) electrons. The van der Waals surface area contributed by atoms with Gasteiger partial charge in [-0.05, 0) is 36.6 Å². The summed E-state index contributed by atoms with van der Waals surface area (Å²) >= 11 is 3.48. The highest BCUT2D eigenvalue weighted by Crippen LogP contribution is 2.44. The molecular formula is C17H18BrN3O4S. The first kappa shape index (κ1) is 18.8. The maximum Gasteiger partial charge on any atom is 0.270 e. The Labute approximate surface area is 159 Å². The molecule has 7 nitrogen and oxygen atoms in total. The molecule has 1 saturated carbocycles. The zero-order valence-electron chi connectivity index (χ0n) is 13.8. The Hall–Kier alpha value is -1.97. The van der Waals surface area contributed by atoms with Crippen molar-refractivity contribution in [1.29, 1.82) is 0 Å². The van der Waals surface area contributed by atoms with Crippen LogP contribution in [0.2, 0.25) is 0 Å². The van der Waals surface area contributed by atoms with Crippen molar-refractivity contribution in [2.24, 2.45) is 5.14 Å². The zero-order valence-corrected chi connectivity index (χ0v) is 16.2. The zero-order chi connectivity index (χ0) is 18.9. The number of sulfonamides is 1. The summed E-state index contributed by atoms with van der Waals surface area (Å²) in [4.78, 5) is 10.0. The number of benzene rings is 2. The van der Waals surface area contributed by atoms with Gasteiger partial charge < -0.3 is 5.32 Å². The number of nitro groups is 1. The van der Waals surface area contributed by atoms with E-state index in [4.69, 9.17) is 5.14 Å². The van der Waals surface area contributed by atoms with Gasteiger partial charge in [0.25, 0.3) is 5.69 Å². The number of rotatable bonds is 6. The van der Waals surface area contributed by atoms with Gasteiger partial charge in [0, 0.05) is 28.6 Å². The largest absolute Gasteiger partial charge is 0.383 e. The predicted molar refractivity (Wildman–Crippen MR) is 103 cm³/mol. The molecule has 3 rings (SSSR count). The second-order valence-electron chi connectivity index (χ2n) is 6.48. The molecule has 0 aliphatic heterocycles. The number of nitro benzene ring substituents is 1. The quantitative estimate of drug-likeness (QED) is 0.527. The molecule has 2 aromatic carbocycles. The maximum atomic E-state index is 11.9. The van der Waals surface area contributed by atoms with Gasteiger partial charge in [0.05, 0.1) is 10.6 Å². The molecule has 0 saturated heterocycles. The monoisotopic (exact) mass is 439 g/mol. The van der Waals surface area contributed by atoms with E-state index in [1.807, 2.05) is 12.1 Å². The normalized spacial score (nSPS) is 15.9. The van der Waals surface area contributed by atoms with E-state index < -0.39 is 14.9 Å². The van der Waals surface area contributed by atoms with Crippen LogP contribution in [-0.2, 0) is 15.4 Å². The lowest BCUT2D eigenvalue weighted by Gasteiger charge is -2.43. The number of anilines is 1. The minimum Gasteiger partial charge on any atom is -0.383 e. The van der Waals surface area contributed by atoms with E-state index in [0.29, 0.717) is 6.54 Å². The Morgan fingerprint density at radius 3 is 2.50 bits per heavy atom. The van der Waals surface area contributed by atoms with Crippen LogP contribution in [0.3, 0.4) is 0 Å². The van der Waals surface area contributed by atoms with Crippen molar-refractivity contribution in [3.63, 3.8) is 0 Å². The average molecular weight is 440 g/mol. The molecule has 0 aromatic heterocycles. The Morgan fingerprint density at radius 2 is 1.96 bits per heavy atom. The molecule has 1 aliphatic rings. The molecule has 138 valence electrons. The summed E-state index contributed by atoms with van der Waals surface area (Å²) in [6.07, 6.45) is 3.05. The van der Waals surface area contributed by atoms with Crippen LogP contribution in [0.1, 0.15) is 24.8 Å². The van der Waals surface area contributed by atoms with Crippen LogP contribution in [0.4, 0.5) is 11.4 Å². The van der Waals surface area contributed by atoms with Crippen LogP contribution in [-0.4, -0.2) is 19.9 Å². The first-order valence-corrected chi connectivity index (χ1v) is 10.4.